The molecule has 0 radical (unpaired) electrons. The van der Waals surface area contributed by atoms with Crippen LogP contribution < -0.4 is 5.32 Å². The van der Waals surface area contributed by atoms with Crippen LogP contribution >= 0.6 is 11.8 Å². The molecule has 2 aromatic rings. The van der Waals surface area contributed by atoms with Crippen LogP contribution in [0.3, 0.4) is 0 Å². The summed E-state index contributed by atoms with van der Waals surface area (Å²) in [5.74, 6) is 0.994. The van der Waals surface area contributed by atoms with Gasteiger partial charge < -0.3 is 19.6 Å². The monoisotopic (exact) mass is 388 g/mol. The SMILES string of the molecule is Cc1cc(NC(=O)CN(C)C(=O)[C@@H]2CSCN2C(=O)c2ccccc2)no1. The van der Waals surface area contributed by atoms with E-state index >= 15 is 0 Å². The number of benzene rings is 1. The minimum absolute atomic E-state index is 0.140. The Morgan fingerprint density at radius 3 is 2.74 bits per heavy atom. The maximum absolute atomic E-state index is 12.8. The Balaban J connectivity index is 1.61. The first kappa shape index (κ1) is 19.0. The van der Waals surface area contributed by atoms with Gasteiger partial charge in [0.2, 0.25) is 11.8 Å². The average Bonchev–Trinajstić information content (AvgIpc) is 3.30. The number of carbonyl (C=O) groups excluding carboxylic acids is 3. The maximum atomic E-state index is 12.8. The molecule has 1 aromatic heterocycles. The van der Waals surface area contributed by atoms with Gasteiger partial charge in [0.15, 0.2) is 5.82 Å². The fourth-order valence-corrected chi connectivity index (χ4v) is 3.89. The summed E-state index contributed by atoms with van der Waals surface area (Å²) in [4.78, 5) is 40.5. The lowest BCUT2D eigenvalue weighted by atomic mass is 10.1. The zero-order valence-corrected chi connectivity index (χ0v) is 15.9. The topological polar surface area (TPSA) is 95.8 Å². The van der Waals surface area contributed by atoms with Gasteiger partial charge >= 0.3 is 0 Å². The van der Waals surface area contributed by atoms with Gasteiger partial charge in [-0.2, -0.15) is 0 Å². The van der Waals surface area contributed by atoms with E-state index in [9.17, 15) is 14.4 Å². The number of anilines is 1. The molecular weight excluding hydrogens is 368 g/mol. The molecule has 2 heterocycles. The Hall–Kier alpha value is -2.81. The van der Waals surface area contributed by atoms with Crippen LogP contribution in [0.5, 0.6) is 0 Å². The van der Waals surface area contributed by atoms with E-state index in [0.29, 0.717) is 28.8 Å². The van der Waals surface area contributed by atoms with E-state index in [0.717, 1.165) is 0 Å². The third-order valence-corrected chi connectivity index (χ3v) is 5.11. The van der Waals surface area contributed by atoms with Gasteiger partial charge in [-0.25, -0.2) is 0 Å². The first-order valence-corrected chi connectivity index (χ1v) is 9.53. The zero-order valence-electron chi connectivity index (χ0n) is 15.0. The summed E-state index contributed by atoms with van der Waals surface area (Å²) in [6.07, 6.45) is 0. The highest BCUT2D eigenvalue weighted by atomic mass is 32.2. The van der Waals surface area contributed by atoms with Crippen molar-refractivity contribution < 1.29 is 18.9 Å². The predicted molar refractivity (Wildman–Crippen MR) is 101 cm³/mol. The smallest absolute Gasteiger partial charge is 0.255 e. The van der Waals surface area contributed by atoms with Gasteiger partial charge in [-0.05, 0) is 19.1 Å². The first-order valence-electron chi connectivity index (χ1n) is 8.37. The molecule has 1 fully saturated rings. The highest BCUT2D eigenvalue weighted by molar-refractivity contribution is 7.99. The molecule has 0 spiro atoms. The van der Waals surface area contributed by atoms with Gasteiger partial charge in [0.1, 0.15) is 11.8 Å². The number of hydrogen-bond donors (Lipinski definition) is 1. The zero-order chi connectivity index (χ0) is 19.4. The van der Waals surface area contributed by atoms with Crippen molar-refractivity contribution in [1.29, 1.82) is 0 Å². The van der Waals surface area contributed by atoms with E-state index < -0.39 is 6.04 Å². The minimum Gasteiger partial charge on any atom is -0.360 e. The Labute approximate surface area is 160 Å². The van der Waals surface area contributed by atoms with Gasteiger partial charge in [-0.3, -0.25) is 14.4 Å². The van der Waals surface area contributed by atoms with Gasteiger partial charge in [0.25, 0.3) is 5.91 Å². The van der Waals surface area contributed by atoms with Crippen LogP contribution in [-0.2, 0) is 9.59 Å². The molecule has 142 valence electrons. The van der Waals surface area contributed by atoms with Crippen LogP contribution in [0, 0.1) is 6.92 Å². The molecule has 27 heavy (non-hydrogen) atoms. The van der Waals surface area contributed by atoms with Crippen molar-refractivity contribution in [2.45, 2.75) is 13.0 Å². The molecule has 1 N–H and O–H groups in total. The number of nitrogens with zero attached hydrogens (tertiary/aromatic N) is 3. The number of aryl methyl sites for hydroxylation is 1. The number of aromatic nitrogens is 1. The summed E-state index contributed by atoms with van der Waals surface area (Å²) in [5, 5.41) is 6.26. The molecule has 1 aliphatic rings. The van der Waals surface area contributed by atoms with Crippen LogP contribution in [0.4, 0.5) is 5.82 Å². The summed E-state index contributed by atoms with van der Waals surface area (Å²) in [5.41, 5.74) is 0.541. The van der Waals surface area contributed by atoms with E-state index in [1.165, 1.54) is 16.7 Å². The molecule has 1 aliphatic heterocycles. The minimum atomic E-state index is -0.588. The lowest BCUT2D eigenvalue weighted by Crippen LogP contribution is -2.49. The fourth-order valence-electron chi connectivity index (χ4n) is 2.75. The third-order valence-electron chi connectivity index (χ3n) is 4.10. The molecule has 8 nitrogen and oxygen atoms in total. The second kappa shape index (κ2) is 8.26. The first-order chi connectivity index (χ1) is 13.0. The molecule has 9 heteroatoms. The molecule has 3 rings (SSSR count). The number of thioether (sulfide) groups is 1. The molecule has 0 unspecified atom stereocenters. The van der Waals surface area contributed by atoms with Gasteiger partial charge in [0.05, 0.1) is 12.4 Å². The van der Waals surface area contributed by atoms with E-state index in [1.807, 2.05) is 6.07 Å². The van der Waals surface area contributed by atoms with Crippen molar-refractivity contribution in [1.82, 2.24) is 15.0 Å². The van der Waals surface area contributed by atoms with Gasteiger partial charge in [-0.1, -0.05) is 23.4 Å². The third kappa shape index (κ3) is 4.48. The Bertz CT molecular complexity index is 839. The summed E-state index contributed by atoms with van der Waals surface area (Å²) in [6, 6.07) is 9.86. The number of amides is 3. The Morgan fingerprint density at radius 1 is 1.33 bits per heavy atom. The van der Waals surface area contributed by atoms with Gasteiger partial charge in [0, 0.05) is 24.4 Å². The van der Waals surface area contributed by atoms with E-state index in [4.69, 9.17) is 4.52 Å². The Morgan fingerprint density at radius 2 is 2.07 bits per heavy atom. The van der Waals surface area contributed by atoms with E-state index in [1.54, 1.807) is 49.2 Å². The number of nitrogens with one attached hydrogen (secondary N) is 1. The van der Waals surface area contributed by atoms with Crippen molar-refractivity contribution in [3.63, 3.8) is 0 Å². The molecule has 0 saturated carbocycles. The lowest BCUT2D eigenvalue weighted by molar-refractivity contribution is -0.136. The van der Waals surface area contributed by atoms with Crippen LogP contribution in [0.2, 0.25) is 0 Å². The quantitative estimate of drug-likeness (QED) is 0.836. The van der Waals surface area contributed by atoms with Crippen LogP contribution in [0.1, 0.15) is 16.1 Å². The van der Waals surface area contributed by atoms with Crippen LogP contribution in [0.15, 0.2) is 40.9 Å². The molecule has 1 atom stereocenters. The van der Waals surface area contributed by atoms with Crippen molar-refractivity contribution in [2.75, 3.05) is 30.5 Å². The fraction of sp³-hybridized carbons (Fsp3) is 0.333. The maximum Gasteiger partial charge on any atom is 0.255 e. The predicted octanol–water partition coefficient (Wildman–Crippen LogP) is 1.60. The van der Waals surface area contributed by atoms with E-state index in [-0.39, 0.29) is 24.3 Å². The summed E-state index contributed by atoms with van der Waals surface area (Å²) < 4.78 is 4.89. The summed E-state index contributed by atoms with van der Waals surface area (Å²) >= 11 is 1.52. The van der Waals surface area contributed by atoms with Crippen molar-refractivity contribution in [2.24, 2.45) is 0 Å². The average molecular weight is 388 g/mol. The van der Waals surface area contributed by atoms with Crippen LogP contribution in [0.25, 0.3) is 0 Å². The molecule has 0 bridgehead atoms. The Kier molecular flexibility index (Phi) is 5.80. The summed E-state index contributed by atoms with van der Waals surface area (Å²) in [7, 11) is 1.55. The second-order valence-electron chi connectivity index (χ2n) is 6.22. The molecular formula is C18H20N4O4S. The second-order valence-corrected chi connectivity index (χ2v) is 7.22. The number of likely N-dealkylation sites (N-methyl/N-ethyl adjacent to an activating group) is 1. The number of rotatable bonds is 5. The molecule has 3 amide bonds. The van der Waals surface area contributed by atoms with Crippen molar-refractivity contribution >= 4 is 35.3 Å². The number of carbonyl (C=O) groups is 3. The summed E-state index contributed by atoms with van der Waals surface area (Å²) in [6.45, 7) is 1.58. The van der Waals surface area contributed by atoms with Gasteiger partial charge in [-0.15, -0.1) is 11.8 Å². The van der Waals surface area contributed by atoms with Crippen molar-refractivity contribution in [3.05, 3.63) is 47.7 Å². The molecule has 0 aliphatic carbocycles. The van der Waals surface area contributed by atoms with Crippen molar-refractivity contribution in [3.8, 4) is 0 Å². The normalized spacial score (nSPS) is 16.2. The lowest BCUT2D eigenvalue weighted by Gasteiger charge is -2.27. The van der Waals surface area contributed by atoms with Crippen LogP contribution in [-0.4, -0.2) is 63.9 Å². The van der Waals surface area contributed by atoms with E-state index in [2.05, 4.69) is 10.5 Å². The largest absolute Gasteiger partial charge is 0.360 e. The number of hydrogen-bond acceptors (Lipinski definition) is 6. The highest BCUT2D eigenvalue weighted by Gasteiger charge is 2.36. The standard InChI is InChI=1S/C18H20N4O4S/c1-12-8-15(20-26-12)19-16(23)9-21(2)18(25)14-10-27-11-22(14)17(24)13-6-4-3-5-7-13/h3-8,14H,9-11H2,1-2H3,(H,19,20,23)/t14-/m0/s1. The molecule has 1 aromatic carbocycles. The highest BCUT2D eigenvalue weighted by Crippen LogP contribution is 2.24. The molecule has 1 saturated heterocycles.